The zero-order chi connectivity index (χ0) is 15.8. The van der Waals surface area contributed by atoms with Crippen LogP contribution in [0.1, 0.15) is 30.1 Å². The fourth-order valence-corrected chi connectivity index (χ4v) is 2.03. The molecule has 0 unspecified atom stereocenters. The van der Waals surface area contributed by atoms with Crippen molar-refractivity contribution >= 4 is 17.7 Å². The van der Waals surface area contributed by atoms with Gasteiger partial charge >= 0.3 is 12.0 Å². The van der Waals surface area contributed by atoms with E-state index in [-0.39, 0.29) is 24.7 Å². The molecule has 0 spiro atoms. The largest absolute Gasteiger partial charge is 0.478 e. The van der Waals surface area contributed by atoms with Crippen LogP contribution in [0.15, 0.2) is 24.3 Å². The van der Waals surface area contributed by atoms with Gasteiger partial charge in [0.2, 0.25) is 0 Å². The number of aliphatic hydroxyl groups is 1. The van der Waals surface area contributed by atoms with Gasteiger partial charge in [0, 0.05) is 20.1 Å². The van der Waals surface area contributed by atoms with Gasteiger partial charge in [0.15, 0.2) is 0 Å². The number of para-hydroxylation sites is 1. The first kappa shape index (κ1) is 17.0. The first-order valence-electron chi connectivity index (χ1n) is 6.98. The molecule has 0 saturated carbocycles. The van der Waals surface area contributed by atoms with Gasteiger partial charge in [-0.25, -0.2) is 9.59 Å². The molecule has 0 atom stereocenters. The topological polar surface area (TPSA) is 81.1 Å². The molecule has 0 aliphatic carbocycles. The molecule has 0 heterocycles. The highest BCUT2D eigenvalue weighted by molar-refractivity contribution is 6.01. The summed E-state index contributed by atoms with van der Waals surface area (Å²) in [5.41, 5.74) is 0.419. The van der Waals surface area contributed by atoms with Crippen LogP contribution in [-0.4, -0.2) is 53.9 Å². The van der Waals surface area contributed by atoms with Crippen LogP contribution >= 0.6 is 0 Å². The van der Waals surface area contributed by atoms with E-state index in [9.17, 15) is 14.7 Å². The lowest BCUT2D eigenvalue weighted by molar-refractivity contribution is 0.0697. The normalized spacial score (nSPS) is 10.2. The Bertz CT molecular complexity index is 490. The molecule has 2 N–H and O–H groups in total. The Labute approximate surface area is 124 Å². The number of rotatable bonds is 7. The Morgan fingerprint density at radius 3 is 2.43 bits per heavy atom. The Morgan fingerprint density at radius 2 is 1.86 bits per heavy atom. The third kappa shape index (κ3) is 4.46. The molecule has 0 radical (unpaired) electrons. The molecule has 6 heteroatoms. The fraction of sp³-hybridized carbons (Fsp3) is 0.467. The number of amides is 2. The molecule has 0 aliphatic heterocycles. The highest BCUT2D eigenvalue weighted by Gasteiger charge is 2.22. The van der Waals surface area contributed by atoms with Crippen LogP contribution in [0.2, 0.25) is 0 Å². The van der Waals surface area contributed by atoms with E-state index in [0.29, 0.717) is 12.2 Å². The molecular weight excluding hydrogens is 272 g/mol. The van der Waals surface area contributed by atoms with E-state index >= 15 is 0 Å². The van der Waals surface area contributed by atoms with Crippen LogP contribution in [0, 0.1) is 0 Å². The van der Waals surface area contributed by atoms with Crippen LogP contribution in [0.5, 0.6) is 0 Å². The quantitative estimate of drug-likeness (QED) is 0.806. The van der Waals surface area contributed by atoms with Gasteiger partial charge in [-0.05, 0) is 18.6 Å². The first-order valence-corrected chi connectivity index (χ1v) is 6.98. The predicted octanol–water partition coefficient (Wildman–Crippen LogP) is 2.04. The maximum Gasteiger partial charge on any atom is 0.337 e. The maximum absolute atomic E-state index is 12.5. The number of carboxylic acid groups (broad SMARTS) is 1. The summed E-state index contributed by atoms with van der Waals surface area (Å²) >= 11 is 0. The summed E-state index contributed by atoms with van der Waals surface area (Å²) in [6.07, 6.45) is 1.77. The van der Waals surface area contributed by atoms with Crippen LogP contribution in [0.3, 0.4) is 0 Å². The van der Waals surface area contributed by atoms with E-state index < -0.39 is 5.97 Å². The highest BCUT2D eigenvalue weighted by atomic mass is 16.4. The van der Waals surface area contributed by atoms with Gasteiger partial charge in [0.1, 0.15) is 0 Å². The zero-order valence-electron chi connectivity index (χ0n) is 12.5. The third-order valence-electron chi connectivity index (χ3n) is 3.20. The van der Waals surface area contributed by atoms with Gasteiger partial charge in [0.05, 0.1) is 17.9 Å². The van der Waals surface area contributed by atoms with Crippen molar-refractivity contribution in [3.8, 4) is 0 Å². The van der Waals surface area contributed by atoms with Crippen LogP contribution in [0.4, 0.5) is 10.5 Å². The Balaban J connectivity index is 2.97. The van der Waals surface area contributed by atoms with Crippen molar-refractivity contribution in [2.45, 2.75) is 19.8 Å². The lowest BCUT2D eigenvalue weighted by atomic mass is 10.1. The molecule has 6 nitrogen and oxygen atoms in total. The zero-order valence-corrected chi connectivity index (χ0v) is 12.5. The van der Waals surface area contributed by atoms with Gasteiger partial charge in [0.25, 0.3) is 0 Å². The molecule has 1 aromatic rings. The minimum absolute atomic E-state index is 0.0767. The molecular formula is C15H22N2O4. The second-order valence-electron chi connectivity index (χ2n) is 4.73. The highest BCUT2D eigenvalue weighted by Crippen LogP contribution is 2.20. The molecule has 21 heavy (non-hydrogen) atoms. The van der Waals surface area contributed by atoms with E-state index in [0.717, 1.165) is 12.8 Å². The van der Waals surface area contributed by atoms with Crippen molar-refractivity contribution in [3.05, 3.63) is 29.8 Å². The smallest absolute Gasteiger partial charge is 0.337 e. The Morgan fingerprint density at radius 1 is 1.19 bits per heavy atom. The number of carbonyl (C=O) groups excluding carboxylic acids is 1. The molecule has 1 rings (SSSR count). The second-order valence-corrected chi connectivity index (χ2v) is 4.73. The van der Waals surface area contributed by atoms with E-state index in [2.05, 4.69) is 0 Å². The van der Waals surface area contributed by atoms with E-state index in [1.165, 1.54) is 15.9 Å². The van der Waals surface area contributed by atoms with E-state index in [1.807, 2.05) is 6.92 Å². The van der Waals surface area contributed by atoms with Gasteiger partial charge in [-0.1, -0.05) is 25.5 Å². The van der Waals surface area contributed by atoms with Crippen LogP contribution in [0.25, 0.3) is 0 Å². The molecule has 2 amide bonds. The third-order valence-corrected chi connectivity index (χ3v) is 3.20. The summed E-state index contributed by atoms with van der Waals surface area (Å²) < 4.78 is 0. The summed E-state index contributed by atoms with van der Waals surface area (Å²) in [7, 11) is 1.54. The number of benzene rings is 1. The van der Waals surface area contributed by atoms with Gasteiger partial charge in [-0.15, -0.1) is 0 Å². The Hall–Kier alpha value is -2.08. The molecule has 116 valence electrons. The molecule has 0 fully saturated rings. The second kappa shape index (κ2) is 8.26. The summed E-state index contributed by atoms with van der Waals surface area (Å²) in [4.78, 5) is 26.5. The average molecular weight is 294 g/mol. The SMILES string of the molecule is CCCCN(CCO)C(=O)N(C)c1ccccc1C(=O)O. The van der Waals surface area contributed by atoms with Gasteiger partial charge < -0.3 is 15.1 Å². The Kier molecular flexibility index (Phi) is 6.68. The van der Waals surface area contributed by atoms with Crippen molar-refractivity contribution in [2.75, 3.05) is 31.6 Å². The minimum Gasteiger partial charge on any atom is -0.478 e. The van der Waals surface area contributed by atoms with Gasteiger partial charge in [-0.3, -0.25) is 4.90 Å². The number of aliphatic hydroxyl groups excluding tert-OH is 1. The average Bonchev–Trinajstić information content (AvgIpc) is 2.50. The van der Waals surface area contributed by atoms with Crippen molar-refractivity contribution in [1.29, 1.82) is 0 Å². The van der Waals surface area contributed by atoms with Crippen molar-refractivity contribution in [2.24, 2.45) is 0 Å². The van der Waals surface area contributed by atoms with E-state index in [1.54, 1.807) is 25.2 Å². The van der Waals surface area contributed by atoms with Crippen LogP contribution < -0.4 is 4.90 Å². The molecule has 0 saturated heterocycles. The molecule has 0 aliphatic rings. The maximum atomic E-state index is 12.5. The number of carbonyl (C=O) groups is 2. The van der Waals surface area contributed by atoms with Crippen molar-refractivity contribution in [3.63, 3.8) is 0 Å². The van der Waals surface area contributed by atoms with Crippen LogP contribution in [-0.2, 0) is 0 Å². The molecule has 1 aromatic carbocycles. The fourth-order valence-electron chi connectivity index (χ4n) is 2.03. The number of aromatic carboxylic acids is 1. The predicted molar refractivity (Wildman–Crippen MR) is 80.8 cm³/mol. The van der Waals surface area contributed by atoms with Gasteiger partial charge in [-0.2, -0.15) is 0 Å². The molecule has 0 bridgehead atoms. The number of nitrogens with zero attached hydrogens (tertiary/aromatic N) is 2. The number of anilines is 1. The van der Waals surface area contributed by atoms with Crippen molar-refractivity contribution in [1.82, 2.24) is 4.90 Å². The summed E-state index contributed by atoms with van der Waals surface area (Å²) in [6, 6.07) is 6.05. The number of hydrogen-bond donors (Lipinski definition) is 2. The van der Waals surface area contributed by atoms with Crippen molar-refractivity contribution < 1.29 is 19.8 Å². The molecule has 0 aromatic heterocycles. The number of unbranched alkanes of at least 4 members (excludes halogenated alkanes) is 1. The lowest BCUT2D eigenvalue weighted by Crippen LogP contribution is -2.43. The first-order chi connectivity index (χ1) is 10.0. The standard InChI is InChI=1S/C15H22N2O4/c1-3-4-9-17(10-11-18)15(21)16(2)13-8-6-5-7-12(13)14(19)20/h5-8,18H,3-4,9-11H2,1-2H3,(H,19,20). The van der Waals surface area contributed by atoms with E-state index in [4.69, 9.17) is 5.11 Å². The number of urea groups is 1. The summed E-state index contributed by atoms with van der Waals surface area (Å²) in [5.74, 6) is -1.08. The summed E-state index contributed by atoms with van der Waals surface area (Å²) in [6.45, 7) is 2.67. The summed E-state index contributed by atoms with van der Waals surface area (Å²) in [5, 5.41) is 18.3. The lowest BCUT2D eigenvalue weighted by Gasteiger charge is -2.28. The number of hydrogen-bond acceptors (Lipinski definition) is 3. The number of carboxylic acids is 1. The minimum atomic E-state index is -1.08. The monoisotopic (exact) mass is 294 g/mol.